The van der Waals surface area contributed by atoms with Crippen molar-refractivity contribution in [3.63, 3.8) is 0 Å². The van der Waals surface area contributed by atoms with Gasteiger partial charge in [-0.3, -0.25) is 0 Å². The molecule has 0 aliphatic carbocycles. The lowest BCUT2D eigenvalue weighted by Gasteiger charge is -2.32. The van der Waals surface area contributed by atoms with Gasteiger partial charge in [0.15, 0.2) is 0 Å². The molecule has 0 bridgehead atoms. The molecule has 1 rings (SSSR count). The van der Waals surface area contributed by atoms with Crippen LogP contribution in [0.25, 0.3) is 0 Å². The third-order valence-corrected chi connectivity index (χ3v) is 5.07. The molecule has 0 atom stereocenters. The first-order chi connectivity index (χ1) is 9.34. The Morgan fingerprint density at radius 3 is 2.30 bits per heavy atom. The summed E-state index contributed by atoms with van der Waals surface area (Å²) in [6.07, 6.45) is 1.46. The lowest BCUT2D eigenvalue weighted by Crippen LogP contribution is -2.41. The lowest BCUT2D eigenvalue weighted by molar-refractivity contribution is 0.202. The van der Waals surface area contributed by atoms with Crippen molar-refractivity contribution in [3.8, 4) is 0 Å². The Hall–Kier alpha value is -1.31. The second-order valence-electron chi connectivity index (χ2n) is 4.73. The molecule has 1 aromatic rings. The zero-order valence-electron chi connectivity index (χ0n) is 12.1. The van der Waals surface area contributed by atoms with Crippen LogP contribution in [0.4, 0.5) is 11.4 Å². The average Bonchev–Trinajstić information content (AvgIpc) is 2.46. The summed E-state index contributed by atoms with van der Waals surface area (Å²) in [6.45, 7) is 3.93. The summed E-state index contributed by atoms with van der Waals surface area (Å²) in [7, 11) is -2.16. The standard InChI is InChI=1S/C13H23N3O3S/c1-4-13(5-2,9-17)16-12-7-6-10(8-11(12)14)20(18,19)15-3/h6-8,15-17H,4-5,9,14H2,1-3H3. The van der Waals surface area contributed by atoms with E-state index in [1.54, 1.807) is 6.07 Å². The molecule has 114 valence electrons. The van der Waals surface area contributed by atoms with Gasteiger partial charge in [0.25, 0.3) is 0 Å². The molecule has 0 saturated carbocycles. The second-order valence-corrected chi connectivity index (χ2v) is 6.61. The smallest absolute Gasteiger partial charge is 0.240 e. The van der Waals surface area contributed by atoms with Gasteiger partial charge in [0, 0.05) is 0 Å². The summed E-state index contributed by atoms with van der Waals surface area (Å²) >= 11 is 0. The molecule has 0 radical (unpaired) electrons. The van der Waals surface area contributed by atoms with Gasteiger partial charge in [0.05, 0.1) is 28.4 Å². The average molecular weight is 301 g/mol. The van der Waals surface area contributed by atoms with Crippen LogP contribution in [0.2, 0.25) is 0 Å². The number of aliphatic hydroxyl groups excluding tert-OH is 1. The van der Waals surface area contributed by atoms with E-state index in [1.807, 2.05) is 13.8 Å². The summed E-state index contributed by atoms with van der Waals surface area (Å²) in [5, 5.41) is 12.8. The Bertz CT molecular complexity index is 546. The van der Waals surface area contributed by atoms with Gasteiger partial charge in [-0.05, 0) is 38.1 Å². The van der Waals surface area contributed by atoms with Crippen LogP contribution < -0.4 is 15.8 Å². The number of nitrogen functional groups attached to an aromatic ring is 1. The van der Waals surface area contributed by atoms with E-state index in [1.165, 1.54) is 19.2 Å². The highest BCUT2D eigenvalue weighted by Crippen LogP contribution is 2.28. The van der Waals surface area contributed by atoms with Crippen LogP contribution in [0.3, 0.4) is 0 Å². The molecule has 6 nitrogen and oxygen atoms in total. The van der Waals surface area contributed by atoms with Crippen LogP contribution in [-0.2, 0) is 10.0 Å². The zero-order chi connectivity index (χ0) is 15.4. The largest absolute Gasteiger partial charge is 0.397 e. The number of hydrogen-bond donors (Lipinski definition) is 4. The highest BCUT2D eigenvalue weighted by molar-refractivity contribution is 7.89. The van der Waals surface area contributed by atoms with E-state index < -0.39 is 15.6 Å². The summed E-state index contributed by atoms with van der Waals surface area (Å²) in [4.78, 5) is 0.116. The molecule has 0 saturated heterocycles. The maximum Gasteiger partial charge on any atom is 0.240 e. The predicted octanol–water partition coefficient (Wildman–Crippen LogP) is 1.14. The van der Waals surface area contributed by atoms with E-state index in [2.05, 4.69) is 10.0 Å². The van der Waals surface area contributed by atoms with Crippen molar-refractivity contribution in [1.82, 2.24) is 4.72 Å². The Kier molecular flexibility index (Phi) is 5.38. The van der Waals surface area contributed by atoms with Gasteiger partial charge in [-0.1, -0.05) is 13.8 Å². The zero-order valence-corrected chi connectivity index (χ0v) is 12.9. The molecular formula is C13H23N3O3S. The topological polar surface area (TPSA) is 104 Å². The van der Waals surface area contributed by atoms with Gasteiger partial charge in [-0.25, -0.2) is 13.1 Å². The fourth-order valence-corrected chi connectivity index (χ4v) is 2.68. The summed E-state index contributed by atoms with van der Waals surface area (Å²) < 4.78 is 25.6. The first-order valence-electron chi connectivity index (χ1n) is 6.56. The third kappa shape index (κ3) is 3.41. The van der Waals surface area contributed by atoms with E-state index in [9.17, 15) is 13.5 Å². The minimum atomic E-state index is -3.50. The Balaban J connectivity index is 3.12. The van der Waals surface area contributed by atoms with Gasteiger partial charge < -0.3 is 16.2 Å². The van der Waals surface area contributed by atoms with Crippen LogP contribution in [0, 0.1) is 0 Å². The number of anilines is 2. The van der Waals surface area contributed by atoms with Gasteiger partial charge in [-0.2, -0.15) is 0 Å². The highest BCUT2D eigenvalue weighted by atomic mass is 32.2. The summed E-state index contributed by atoms with van der Waals surface area (Å²) in [5.74, 6) is 0. The third-order valence-electron chi connectivity index (χ3n) is 3.66. The van der Waals surface area contributed by atoms with E-state index in [4.69, 9.17) is 5.73 Å². The second kappa shape index (κ2) is 6.43. The Morgan fingerprint density at radius 2 is 1.90 bits per heavy atom. The first kappa shape index (κ1) is 16.7. The molecule has 7 heteroatoms. The quantitative estimate of drug-likeness (QED) is 0.565. The molecule has 0 amide bonds. The van der Waals surface area contributed by atoms with Crippen molar-refractivity contribution in [2.75, 3.05) is 24.7 Å². The van der Waals surface area contributed by atoms with Crippen molar-refractivity contribution < 1.29 is 13.5 Å². The maximum absolute atomic E-state index is 11.7. The number of aliphatic hydroxyl groups is 1. The Morgan fingerprint density at radius 1 is 1.30 bits per heavy atom. The minimum Gasteiger partial charge on any atom is -0.397 e. The Labute approximate surface area is 120 Å². The number of rotatable bonds is 7. The van der Waals surface area contributed by atoms with Gasteiger partial charge in [0.1, 0.15) is 0 Å². The number of hydrogen-bond acceptors (Lipinski definition) is 5. The lowest BCUT2D eigenvalue weighted by atomic mass is 9.93. The first-order valence-corrected chi connectivity index (χ1v) is 8.04. The number of sulfonamides is 1. The SMILES string of the molecule is CCC(CC)(CO)Nc1ccc(S(=O)(=O)NC)cc1N. The number of nitrogens with one attached hydrogen (secondary N) is 2. The van der Waals surface area contributed by atoms with Crippen LogP contribution in [0.1, 0.15) is 26.7 Å². The molecule has 20 heavy (non-hydrogen) atoms. The molecule has 5 N–H and O–H groups in total. The summed E-state index contributed by atoms with van der Waals surface area (Å²) in [5.41, 5.74) is 6.42. The molecule has 0 spiro atoms. The number of nitrogens with two attached hydrogens (primary N) is 1. The minimum absolute atomic E-state index is 0.0179. The molecule has 0 heterocycles. The molecule has 1 aromatic carbocycles. The van der Waals surface area contributed by atoms with Crippen LogP contribution >= 0.6 is 0 Å². The molecule has 0 fully saturated rings. The molecule has 0 aliphatic heterocycles. The van der Waals surface area contributed by atoms with Crippen molar-refractivity contribution in [1.29, 1.82) is 0 Å². The molecule has 0 aromatic heterocycles. The monoisotopic (exact) mass is 301 g/mol. The highest BCUT2D eigenvalue weighted by Gasteiger charge is 2.25. The summed E-state index contributed by atoms with van der Waals surface area (Å²) in [6, 6.07) is 4.51. The van der Waals surface area contributed by atoms with E-state index >= 15 is 0 Å². The number of benzene rings is 1. The predicted molar refractivity (Wildman–Crippen MR) is 81.1 cm³/mol. The molecular weight excluding hydrogens is 278 g/mol. The van der Waals surface area contributed by atoms with Crippen LogP contribution in [0.15, 0.2) is 23.1 Å². The van der Waals surface area contributed by atoms with Gasteiger partial charge >= 0.3 is 0 Å². The van der Waals surface area contributed by atoms with Crippen molar-refractivity contribution >= 4 is 21.4 Å². The molecule has 0 unspecified atom stereocenters. The van der Waals surface area contributed by atoms with E-state index in [0.29, 0.717) is 11.4 Å². The maximum atomic E-state index is 11.7. The van der Waals surface area contributed by atoms with Gasteiger partial charge in [0.2, 0.25) is 10.0 Å². The van der Waals surface area contributed by atoms with Crippen LogP contribution in [0.5, 0.6) is 0 Å². The van der Waals surface area contributed by atoms with E-state index in [0.717, 1.165) is 12.8 Å². The van der Waals surface area contributed by atoms with Crippen molar-refractivity contribution in [3.05, 3.63) is 18.2 Å². The van der Waals surface area contributed by atoms with Crippen molar-refractivity contribution in [2.45, 2.75) is 37.1 Å². The van der Waals surface area contributed by atoms with E-state index in [-0.39, 0.29) is 11.5 Å². The normalized spacial score (nSPS) is 12.4. The van der Waals surface area contributed by atoms with Crippen LogP contribution in [-0.4, -0.2) is 32.7 Å². The molecule has 0 aliphatic rings. The fraction of sp³-hybridized carbons (Fsp3) is 0.538. The fourth-order valence-electron chi connectivity index (χ4n) is 1.92. The van der Waals surface area contributed by atoms with Crippen molar-refractivity contribution in [2.24, 2.45) is 0 Å². The van der Waals surface area contributed by atoms with Gasteiger partial charge in [-0.15, -0.1) is 0 Å².